The summed E-state index contributed by atoms with van der Waals surface area (Å²) < 4.78 is 0. The number of allylic oxidation sites excluding steroid dienone is 2. The van der Waals surface area contributed by atoms with Crippen molar-refractivity contribution < 1.29 is 5.11 Å². The molecule has 2 atom stereocenters. The van der Waals surface area contributed by atoms with Gasteiger partial charge in [-0.15, -0.1) is 0 Å². The first kappa shape index (κ1) is 9.95. The van der Waals surface area contributed by atoms with Gasteiger partial charge < -0.3 is 5.11 Å². The summed E-state index contributed by atoms with van der Waals surface area (Å²) in [5, 5.41) is 9.32. The number of fused-ring (bicyclic) bond motifs is 1. The average molecular weight is 214 g/mol. The molecule has 1 nitrogen and oxygen atoms in total. The first-order chi connectivity index (χ1) is 7.84. The van der Waals surface area contributed by atoms with Gasteiger partial charge in [0, 0.05) is 5.92 Å². The van der Waals surface area contributed by atoms with Gasteiger partial charge in [-0.05, 0) is 55.7 Å². The molecule has 16 heavy (non-hydrogen) atoms. The number of phenolic OH excluding ortho intramolecular Hbond substituents is 1. The van der Waals surface area contributed by atoms with Crippen molar-refractivity contribution in [1.82, 2.24) is 0 Å². The first-order valence-electron chi connectivity index (χ1n) is 6.33. The predicted molar refractivity (Wildman–Crippen MR) is 65.5 cm³/mol. The topological polar surface area (TPSA) is 20.2 Å². The van der Waals surface area contributed by atoms with Gasteiger partial charge in [-0.3, -0.25) is 0 Å². The molecule has 0 aromatic heterocycles. The molecule has 0 saturated heterocycles. The molecule has 0 heterocycles. The van der Waals surface area contributed by atoms with Crippen molar-refractivity contribution in [3.8, 4) is 5.75 Å². The smallest absolute Gasteiger partial charge is 0.115 e. The maximum absolute atomic E-state index is 9.32. The molecule has 0 amide bonds. The minimum atomic E-state index is 0.371. The number of hydrogen-bond donors (Lipinski definition) is 1. The highest BCUT2D eigenvalue weighted by Gasteiger charge is 2.32. The van der Waals surface area contributed by atoms with Crippen molar-refractivity contribution >= 4 is 0 Å². The van der Waals surface area contributed by atoms with Crippen LogP contribution in [0.1, 0.15) is 43.6 Å². The van der Waals surface area contributed by atoms with Crippen molar-refractivity contribution in [2.75, 3.05) is 0 Å². The highest BCUT2D eigenvalue weighted by molar-refractivity contribution is 5.36. The number of benzene rings is 1. The van der Waals surface area contributed by atoms with E-state index >= 15 is 0 Å². The molecule has 1 heteroatoms. The third-order valence-corrected chi connectivity index (χ3v) is 4.11. The molecular formula is C15H18O. The minimum Gasteiger partial charge on any atom is -0.508 e. The highest BCUT2D eigenvalue weighted by atomic mass is 16.3. The van der Waals surface area contributed by atoms with Crippen LogP contribution in [-0.4, -0.2) is 5.11 Å². The number of aromatic hydroxyl groups is 1. The van der Waals surface area contributed by atoms with Gasteiger partial charge in [-0.25, -0.2) is 0 Å². The monoisotopic (exact) mass is 214 g/mol. The van der Waals surface area contributed by atoms with Crippen LogP contribution in [0.15, 0.2) is 35.9 Å². The van der Waals surface area contributed by atoms with Crippen LogP contribution >= 0.6 is 0 Å². The summed E-state index contributed by atoms with van der Waals surface area (Å²) in [7, 11) is 0. The molecule has 0 spiro atoms. The van der Waals surface area contributed by atoms with E-state index in [1.54, 1.807) is 5.57 Å². The number of phenols is 1. The lowest BCUT2D eigenvalue weighted by Crippen LogP contribution is -2.05. The van der Waals surface area contributed by atoms with Gasteiger partial charge in [-0.1, -0.05) is 23.8 Å². The Morgan fingerprint density at radius 3 is 2.62 bits per heavy atom. The van der Waals surface area contributed by atoms with Crippen LogP contribution in [0.25, 0.3) is 0 Å². The summed E-state index contributed by atoms with van der Waals surface area (Å²) in [6.07, 6.45) is 9.15. The molecule has 0 aliphatic heterocycles. The van der Waals surface area contributed by atoms with Crippen molar-refractivity contribution in [3.05, 3.63) is 41.5 Å². The quantitative estimate of drug-likeness (QED) is 0.701. The lowest BCUT2D eigenvalue weighted by atomic mass is 9.84. The van der Waals surface area contributed by atoms with E-state index < -0.39 is 0 Å². The van der Waals surface area contributed by atoms with Crippen molar-refractivity contribution in [3.63, 3.8) is 0 Å². The maximum atomic E-state index is 9.32. The normalized spacial score (nSPS) is 28.6. The van der Waals surface area contributed by atoms with Gasteiger partial charge in [-0.2, -0.15) is 0 Å². The zero-order valence-electron chi connectivity index (χ0n) is 9.52. The Morgan fingerprint density at radius 1 is 1.00 bits per heavy atom. The Bertz CT molecular complexity index is 402. The molecule has 1 fully saturated rings. The Kier molecular flexibility index (Phi) is 2.47. The van der Waals surface area contributed by atoms with E-state index in [1.807, 2.05) is 12.1 Å². The van der Waals surface area contributed by atoms with Crippen LogP contribution in [0.3, 0.4) is 0 Å². The lowest BCUT2D eigenvalue weighted by molar-refractivity contribution is 0.475. The lowest BCUT2D eigenvalue weighted by Gasteiger charge is -2.21. The third-order valence-electron chi connectivity index (χ3n) is 4.11. The minimum absolute atomic E-state index is 0.371. The van der Waals surface area contributed by atoms with E-state index in [4.69, 9.17) is 0 Å². The summed E-state index contributed by atoms with van der Waals surface area (Å²) in [6.45, 7) is 0. The van der Waals surface area contributed by atoms with Crippen LogP contribution in [-0.2, 0) is 0 Å². The van der Waals surface area contributed by atoms with Crippen LogP contribution in [0.2, 0.25) is 0 Å². The summed E-state index contributed by atoms with van der Waals surface area (Å²) in [6, 6.07) is 7.79. The van der Waals surface area contributed by atoms with E-state index in [0.717, 1.165) is 5.92 Å². The molecule has 1 N–H and O–H groups in total. The molecule has 0 bridgehead atoms. The third kappa shape index (κ3) is 1.64. The van der Waals surface area contributed by atoms with Crippen LogP contribution in [0, 0.1) is 5.92 Å². The van der Waals surface area contributed by atoms with Gasteiger partial charge in [0.25, 0.3) is 0 Å². The Labute approximate surface area is 96.8 Å². The second-order valence-corrected chi connectivity index (χ2v) is 5.05. The molecule has 1 aromatic rings. The largest absolute Gasteiger partial charge is 0.508 e. The summed E-state index contributed by atoms with van der Waals surface area (Å²) in [5.74, 6) is 1.86. The fourth-order valence-electron chi connectivity index (χ4n) is 3.30. The van der Waals surface area contributed by atoms with Crippen molar-refractivity contribution in [2.45, 2.75) is 38.0 Å². The number of rotatable bonds is 1. The maximum Gasteiger partial charge on any atom is 0.115 e. The Hall–Kier alpha value is -1.24. The van der Waals surface area contributed by atoms with Gasteiger partial charge in [0.2, 0.25) is 0 Å². The Balaban J connectivity index is 1.90. The van der Waals surface area contributed by atoms with E-state index in [0.29, 0.717) is 11.7 Å². The molecular weight excluding hydrogens is 196 g/mol. The van der Waals surface area contributed by atoms with Gasteiger partial charge in [0.15, 0.2) is 0 Å². The number of hydrogen-bond acceptors (Lipinski definition) is 1. The summed E-state index contributed by atoms with van der Waals surface area (Å²) >= 11 is 0. The second kappa shape index (κ2) is 3.97. The van der Waals surface area contributed by atoms with Gasteiger partial charge >= 0.3 is 0 Å². The molecule has 1 saturated carbocycles. The standard InChI is InChI=1S/C15H18O/c16-13-8-5-12(6-9-13)15-10-7-11-3-1-2-4-14(11)15/h4-6,8-9,11,15-16H,1-3,7,10H2. The second-order valence-electron chi connectivity index (χ2n) is 5.05. The fraction of sp³-hybridized carbons (Fsp3) is 0.467. The molecule has 3 rings (SSSR count). The van der Waals surface area contributed by atoms with E-state index in [9.17, 15) is 5.11 Å². The molecule has 2 unspecified atom stereocenters. The van der Waals surface area contributed by atoms with Gasteiger partial charge in [0.1, 0.15) is 5.75 Å². The van der Waals surface area contributed by atoms with Crippen LogP contribution < -0.4 is 0 Å². The summed E-state index contributed by atoms with van der Waals surface area (Å²) in [5.41, 5.74) is 3.06. The molecule has 1 aromatic carbocycles. The highest BCUT2D eigenvalue weighted by Crippen LogP contribution is 2.47. The zero-order chi connectivity index (χ0) is 11.0. The first-order valence-corrected chi connectivity index (χ1v) is 6.33. The Morgan fingerprint density at radius 2 is 1.81 bits per heavy atom. The van der Waals surface area contributed by atoms with Crippen LogP contribution in [0.4, 0.5) is 0 Å². The van der Waals surface area contributed by atoms with E-state index in [-0.39, 0.29) is 0 Å². The zero-order valence-corrected chi connectivity index (χ0v) is 9.52. The summed E-state index contributed by atoms with van der Waals surface area (Å²) in [4.78, 5) is 0. The van der Waals surface area contributed by atoms with Gasteiger partial charge in [0.05, 0.1) is 0 Å². The average Bonchev–Trinajstić information content (AvgIpc) is 2.74. The van der Waals surface area contributed by atoms with Crippen molar-refractivity contribution in [1.29, 1.82) is 0 Å². The molecule has 2 aliphatic rings. The van der Waals surface area contributed by atoms with Crippen LogP contribution in [0.5, 0.6) is 5.75 Å². The van der Waals surface area contributed by atoms with E-state index in [2.05, 4.69) is 18.2 Å². The SMILES string of the molecule is Oc1ccc(C2CCC3CCCC=C32)cc1. The molecule has 2 aliphatic carbocycles. The molecule has 0 radical (unpaired) electrons. The van der Waals surface area contributed by atoms with E-state index in [1.165, 1.54) is 37.7 Å². The van der Waals surface area contributed by atoms with Crippen molar-refractivity contribution in [2.24, 2.45) is 5.92 Å². The fourth-order valence-corrected chi connectivity index (χ4v) is 3.30. The molecule has 84 valence electrons. The predicted octanol–water partition coefficient (Wildman–Crippen LogP) is 4.00.